The number of hydrogen-bond acceptors (Lipinski definition) is 4. The predicted octanol–water partition coefficient (Wildman–Crippen LogP) is 1.94. The molecule has 5 nitrogen and oxygen atoms in total. The van der Waals surface area contributed by atoms with Crippen molar-refractivity contribution < 1.29 is 14.7 Å². The first-order chi connectivity index (χ1) is 9.08. The van der Waals surface area contributed by atoms with E-state index in [-0.39, 0.29) is 17.5 Å². The maximum Gasteiger partial charge on any atom is 0.355 e. The number of carbonyl (C=O) groups is 2. The molecule has 0 bridgehead atoms. The summed E-state index contributed by atoms with van der Waals surface area (Å²) in [6.45, 7) is 2.64. The van der Waals surface area contributed by atoms with Gasteiger partial charge in [-0.05, 0) is 18.8 Å². The van der Waals surface area contributed by atoms with Crippen LogP contribution in [-0.4, -0.2) is 28.5 Å². The molecule has 0 spiro atoms. The van der Waals surface area contributed by atoms with Gasteiger partial charge in [-0.3, -0.25) is 4.79 Å². The highest BCUT2D eigenvalue weighted by molar-refractivity contribution is 7.09. The lowest BCUT2D eigenvalue weighted by molar-refractivity contribution is -0.125. The van der Waals surface area contributed by atoms with Crippen molar-refractivity contribution in [3.63, 3.8) is 0 Å². The van der Waals surface area contributed by atoms with Crippen LogP contribution in [0.25, 0.3) is 0 Å². The first-order valence-corrected chi connectivity index (χ1v) is 7.41. The van der Waals surface area contributed by atoms with E-state index >= 15 is 0 Å². The average Bonchev–Trinajstić information content (AvgIpc) is 2.97. The summed E-state index contributed by atoms with van der Waals surface area (Å²) in [5.41, 5.74) is 0.0794. The minimum Gasteiger partial charge on any atom is -0.476 e. The van der Waals surface area contributed by atoms with Gasteiger partial charge >= 0.3 is 5.97 Å². The summed E-state index contributed by atoms with van der Waals surface area (Å²) in [6, 6.07) is 0. The molecule has 0 saturated heterocycles. The SMILES string of the molecule is CC1CCCC1C(=O)NCCc1nc(C(=O)O)cs1. The summed E-state index contributed by atoms with van der Waals surface area (Å²) >= 11 is 1.32. The third-order valence-corrected chi connectivity index (χ3v) is 4.52. The molecule has 6 heteroatoms. The second-order valence-corrected chi connectivity index (χ2v) is 5.93. The fourth-order valence-electron chi connectivity index (χ4n) is 2.48. The van der Waals surface area contributed by atoms with Crippen LogP contribution < -0.4 is 5.32 Å². The number of thiazole rings is 1. The molecule has 2 unspecified atom stereocenters. The average molecular weight is 282 g/mol. The molecule has 2 N–H and O–H groups in total. The number of carboxylic acids is 1. The Morgan fingerprint density at radius 3 is 2.89 bits per heavy atom. The van der Waals surface area contributed by atoms with Gasteiger partial charge in [-0.1, -0.05) is 13.3 Å². The highest BCUT2D eigenvalue weighted by atomic mass is 32.1. The number of rotatable bonds is 5. The third-order valence-electron chi connectivity index (χ3n) is 3.61. The molecule has 2 rings (SSSR count). The standard InChI is InChI=1S/C13H18N2O3S/c1-8-3-2-4-9(8)12(16)14-6-5-11-15-10(7-19-11)13(17)18/h7-9H,2-6H2,1H3,(H,14,16)(H,17,18). The Morgan fingerprint density at radius 1 is 1.53 bits per heavy atom. The molecule has 1 saturated carbocycles. The Labute approximate surface area is 116 Å². The number of hydrogen-bond donors (Lipinski definition) is 2. The van der Waals surface area contributed by atoms with Crippen LogP contribution in [0.2, 0.25) is 0 Å². The summed E-state index contributed by atoms with van der Waals surface area (Å²) in [6.07, 6.45) is 3.83. The molecular weight excluding hydrogens is 264 g/mol. The fourth-order valence-corrected chi connectivity index (χ4v) is 3.25. The Kier molecular flexibility index (Phi) is 4.52. The number of nitrogens with zero attached hydrogens (tertiary/aromatic N) is 1. The van der Waals surface area contributed by atoms with Gasteiger partial charge in [0.2, 0.25) is 5.91 Å². The van der Waals surface area contributed by atoms with Gasteiger partial charge in [0.1, 0.15) is 0 Å². The van der Waals surface area contributed by atoms with Crippen molar-refractivity contribution >= 4 is 23.2 Å². The summed E-state index contributed by atoms with van der Waals surface area (Å²) in [4.78, 5) is 26.6. The van der Waals surface area contributed by atoms with E-state index in [1.54, 1.807) is 0 Å². The molecule has 0 aromatic carbocycles. The van der Waals surface area contributed by atoms with Crippen LogP contribution in [0.1, 0.15) is 41.7 Å². The zero-order chi connectivity index (χ0) is 13.8. The lowest BCUT2D eigenvalue weighted by Crippen LogP contribution is -2.33. The molecule has 1 aliphatic rings. The Bertz CT molecular complexity index is 472. The topological polar surface area (TPSA) is 79.3 Å². The summed E-state index contributed by atoms with van der Waals surface area (Å²) < 4.78 is 0. The van der Waals surface area contributed by atoms with Gasteiger partial charge in [-0.15, -0.1) is 11.3 Å². The Morgan fingerprint density at radius 2 is 2.32 bits per heavy atom. The molecule has 0 aliphatic heterocycles. The van der Waals surface area contributed by atoms with E-state index in [0.717, 1.165) is 24.3 Å². The first-order valence-electron chi connectivity index (χ1n) is 6.53. The van der Waals surface area contributed by atoms with Crippen molar-refractivity contribution in [2.75, 3.05) is 6.54 Å². The molecule has 1 aromatic rings. The zero-order valence-electron chi connectivity index (χ0n) is 10.9. The molecule has 1 amide bonds. The second-order valence-electron chi connectivity index (χ2n) is 4.99. The first kappa shape index (κ1) is 14.0. The molecule has 104 valence electrons. The summed E-state index contributed by atoms with van der Waals surface area (Å²) in [7, 11) is 0. The molecule has 1 fully saturated rings. The number of amides is 1. The van der Waals surface area contributed by atoms with Crippen molar-refractivity contribution in [2.45, 2.75) is 32.6 Å². The van der Waals surface area contributed by atoms with Crippen LogP contribution in [0.4, 0.5) is 0 Å². The number of nitrogens with one attached hydrogen (secondary N) is 1. The van der Waals surface area contributed by atoms with Crippen molar-refractivity contribution in [3.8, 4) is 0 Å². The van der Waals surface area contributed by atoms with Gasteiger partial charge in [0.05, 0.1) is 5.01 Å². The number of carboxylic acid groups (broad SMARTS) is 1. The monoisotopic (exact) mass is 282 g/mol. The molecule has 1 aliphatic carbocycles. The number of aromatic nitrogens is 1. The van der Waals surface area contributed by atoms with Gasteiger partial charge in [0.15, 0.2) is 5.69 Å². The second kappa shape index (κ2) is 6.14. The zero-order valence-corrected chi connectivity index (χ0v) is 11.7. The van der Waals surface area contributed by atoms with Crippen LogP contribution in [0.5, 0.6) is 0 Å². The van der Waals surface area contributed by atoms with Gasteiger partial charge in [-0.25, -0.2) is 9.78 Å². The van der Waals surface area contributed by atoms with E-state index in [4.69, 9.17) is 5.11 Å². The maximum atomic E-state index is 11.9. The molecule has 19 heavy (non-hydrogen) atoms. The van der Waals surface area contributed by atoms with Crippen LogP contribution in [-0.2, 0) is 11.2 Å². The molecule has 0 radical (unpaired) electrons. The third kappa shape index (κ3) is 3.53. The maximum absolute atomic E-state index is 11.9. The number of carbonyl (C=O) groups excluding carboxylic acids is 1. The van der Waals surface area contributed by atoms with E-state index in [2.05, 4.69) is 17.2 Å². The van der Waals surface area contributed by atoms with E-state index in [0.29, 0.717) is 18.9 Å². The number of aromatic carboxylic acids is 1. The van der Waals surface area contributed by atoms with E-state index in [1.807, 2.05) is 0 Å². The highest BCUT2D eigenvalue weighted by Gasteiger charge is 2.29. The van der Waals surface area contributed by atoms with Crippen LogP contribution in [0, 0.1) is 11.8 Å². The lowest BCUT2D eigenvalue weighted by Gasteiger charge is -2.14. The lowest BCUT2D eigenvalue weighted by atomic mass is 9.97. The highest BCUT2D eigenvalue weighted by Crippen LogP contribution is 2.31. The van der Waals surface area contributed by atoms with Crippen molar-refractivity contribution in [3.05, 3.63) is 16.1 Å². The minimum atomic E-state index is -1.01. The van der Waals surface area contributed by atoms with Gasteiger partial charge in [-0.2, -0.15) is 0 Å². The normalized spacial score (nSPS) is 22.4. The Hall–Kier alpha value is -1.43. The van der Waals surface area contributed by atoms with E-state index in [1.165, 1.54) is 16.7 Å². The van der Waals surface area contributed by atoms with E-state index in [9.17, 15) is 9.59 Å². The molecule has 1 aromatic heterocycles. The van der Waals surface area contributed by atoms with Crippen LogP contribution in [0.3, 0.4) is 0 Å². The van der Waals surface area contributed by atoms with Crippen molar-refractivity contribution in [1.29, 1.82) is 0 Å². The van der Waals surface area contributed by atoms with Crippen molar-refractivity contribution in [1.82, 2.24) is 10.3 Å². The fraction of sp³-hybridized carbons (Fsp3) is 0.615. The quantitative estimate of drug-likeness (QED) is 0.865. The Balaban J connectivity index is 1.76. The van der Waals surface area contributed by atoms with Gasteiger partial charge in [0.25, 0.3) is 0 Å². The largest absolute Gasteiger partial charge is 0.476 e. The predicted molar refractivity (Wildman–Crippen MR) is 72.3 cm³/mol. The smallest absolute Gasteiger partial charge is 0.355 e. The summed E-state index contributed by atoms with van der Waals surface area (Å²) in [5.74, 6) is -0.268. The van der Waals surface area contributed by atoms with Crippen LogP contribution >= 0.6 is 11.3 Å². The molecule has 1 heterocycles. The van der Waals surface area contributed by atoms with Crippen LogP contribution in [0.15, 0.2) is 5.38 Å². The minimum absolute atomic E-state index is 0.0794. The van der Waals surface area contributed by atoms with Gasteiger partial charge in [0, 0.05) is 24.3 Å². The summed E-state index contributed by atoms with van der Waals surface area (Å²) in [5, 5.41) is 14.0. The molecule has 2 atom stereocenters. The molecular formula is C13H18N2O3S. The van der Waals surface area contributed by atoms with Gasteiger partial charge < -0.3 is 10.4 Å². The van der Waals surface area contributed by atoms with Crippen molar-refractivity contribution in [2.24, 2.45) is 11.8 Å². The van der Waals surface area contributed by atoms with E-state index < -0.39 is 5.97 Å².